The van der Waals surface area contributed by atoms with Crippen LogP contribution in [0.4, 0.5) is 10.1 Å². The zero-order valence-electron chi connectivity index (χ0n) is 12.8. The van der Waals surface area contributed by atoms with Gasteiger partial charge in [0.25, 0.3) is 0 Å². The molecule has 0 bridgehead atoms. The van der Waals surface area contributed by atoms with Crippen molar-refractivity contribution < 1.29 is 9.18 Å². The van der Waals surface area contributed by atoms with Crippen LogP contribution in [0.5, 0.6) is 0 Å². The monoisotopic (exact) mass is 423 g/mol. The summed E-state index contributed by atoms with van der Waals surface area (Å²) in [5.41, 5.74) is 1.52. The van der Waals surface area contributed by atoms with E-state index in [0.717, 1.165) is 28.5 Å². The van der Waals surface area contributed by atoms with Gasteiger partial charge < -0.3 is 5.32 Å². The summed E-state index contributed by atoms with van der Waals surface area (Å²) >= 11 is 2.26. The van der Waals surface area contributed by atoms with Crippen molar-refractivity contribution in [2.24, 2.45) is 5.92 Å². The first-order valence-corrected chi connectivity index (χ1v) is 9.03. The van der Waals surface area contributed by atoms with E-state index in [1.165, 1.54) is 6.07 Å². The minimum Gasteiger partial charge on any atom is -0.377 e. The molecule has 0 saturated heterocycles. The molecular formula is C19H19FINO. The van der Waals surface area contributed by atoms with Gasteiger partial charge in [-0.05, 0) is 53.6 Å². The molecule has 0 aromatic heterocycles. The molecule has 1 N–H and O–H groups in total. The second kappa shape index (κ2) is 7.43. The van der Waals surface area contributed by atoms with E-state index in [1.807, 2.05) is 30.3 Å². The van der Waals surface area contributed by atoms with Crippen LogP contribution in [0.3, 0.4) is 0 Å². The first-order valence-electron chi connectivity index (χ1n) is 7.95. The molecule has 23 heavy (non-hydrogen) atoms. The fourth-order valence-electron chi connectivity index (χ4n) is 3.23. The summed E-state index contributed by atoms with van der Waals surface area (Å²) in [5, 5.41) is 3.44. The van der Waals surface area contributed by atoms with Gasteiger partial charge in [0.05, 0.1) is 6.04 Å². The average Bonchev–Trinajstić information content (AvgIpc) is 2.56. The Morgan fingerprint density at radius 1 is 1.09 bits per heavy atom. The van der Waals surface area contributed by atoms with Crippen LogP contribution in [0.1, 0.15) is 37.3 Å². The third kappa shape index (κ3) is 3.74. The summed E-state index contributed by atoms with van der Waals surface area (Å²) in [7, 11) is 0. The van der Waals surface area contributed by atoms with Crippen molar-refractivity contribution in [3.63, 3.8) is 0 Å². The SMILES string of the molecule is O=C1CCCC[C@H]1[C@@H](Nc1ccccc1I)c1ccccc1F. The van der Waals surface area contributed by atoms with Crippen LogP contribution in [-0.4, -0.2) is 5.78 Å². The van der Waals surface area contributed by atoms with E-state index in [4.69, 9.17) is 0 Å². The fourth-order valence-corrected chi connectivity index (χ4v) is 3.77. The molecule has 1 aliphatic rings. The number of anilines is 1. The molecule has 0 amide bonds. The topological polar surface area (TPSA) is 29.1 Å². The Morgan fingerprint density at radius 2 is 1.83 bits per heavy atom. The predicted octanol–water partition coefficient (Wildman–Crippen LogP) is 5.34. The lowest BCUT2D eigenvalue weighted by Crippen LogP contribution is -2.31. The number of hydrogen-bond acceptors (Lipinski definition) is 2. The molecule has 0 aliphatic heterocycles. The van der Waals surface area contributed by atoms with E-state index in [9.17, 15) is 9.18 Å². The van der Waals surface area contributed by atoms with Crippen molar-refractivity contribution in [2.45, 2.75) is 31.7 Å². The van der Waals surface area contributed by atoms with E-state index in [0.29, 0.717) is 12.0 Å². The maximum absolute atomic E-state index is 14.4. The van der Waals surface area contributed by atoms with E-state index < -0.39 is 0 Å². The molecule has 2 aromatic rings. The summed E-state index contributed by atoms with van der Waals surface area (Å²) in [6.07, 6.45) is 3.38. The third-order valence-corrected chi connectivity index (χ3v) is 5.37. The van der Waals surface area contributed by atoms with Crippen molar-refractivity contribution in [1.82, 2.24) is 0 Å². The lowest BCUT2D eigenvalue weighted by Gasteiger charge is -2.31. The molecule has 3 rings (SSSR count). The lowest BCUT2D eigenvalue weighted by atomic mass is 9.80. The maximum atomic E-state index is 14.4. The van der Waals surface area contributed by atoms with Crippen molar-refractivity contribution in [3.05, 3.63) is 63.5 Å². The van der Waals surface area contributed by atoms with Gasteiger partial charge >= 0.3 is 0 Å². The number of para-hydroxylation sites is 1. The Labute approximate surface area is 149 Å². The van der Waals surface area contributed by atoms with Crippen LogP contribution in [0, 0.1) is 15.3 Å². The van der Waals surface area contributed by atoms with Crippen LogP contribution < -0.4 is 5.32 Å². The number of nitrogens with one attached hydrogen (secondary N) is 1. The third-order valence-electron chi connectivity index (χ3n) is 4.43. The fraction of sp³-hybridized carbons (Fsp3) is 0.316. The summed E-state index contributed by atoms with van der Waals surface area (Å²) in [5.74, 6) is -0.186. The molecule has 0 unspecified atom stereocenters. The van der Waals surface area contributed by atoms with E-state index >= 15 is 0 Å². The van der Waals surface area contributed by atoms with Gasteiger partial charge in [-0.2, -0.15) is 0 Å². The molecule has 0 heterocycles. The number of rotatable bonds is 4. The summed E-state index contributed by atoms with van der Waals surface area (Å²) < 4.78 is 15.4. The maximum Gasteiger partial charge on any atom is 0.138 e. The minimum absolute atomic E-state index is 0.170. The van der Waals surface area contributed by atoms with Crippen molar-refractivity contribution in [3.8, 4) is 0 Å². The van der Waals surface area contributed by atoms with Gasteiger partial charge in [0.1, 0.15) is 11.6 Å². The van der Waals surface area contributed by atoms with E-state index in [-0.39, 0.29) is 23.6 Å². The normalized spacial score (nSPS) is 19.4. The van der Waals surface area contributed by atoms with Gasteiger partial charge in [0.15, 0.2) is 0 Å². The molecule has 1 fully saturated rings. The second-order valence-electron chi connectivity index (χ2n) is 5.94. The van der Waals surface area contributed by atoms with Crippen LogP contribution >= 0.6 is 22.6 Å². The molecule has 0 spiro atoms. The molecule has 1 aliphatic carbocycles. The number of benzene rings is 2. The summed E-state index contributed by atoms with van der Waals surface area (Å²) in [4.78, 5) is 12.4. The van der Waals surface area contributed by atoms with Gasteiger partial charge in [-0.1, -0.05) is 36.8 Å². The highest BCUT2D eigenvalue weighted by molar-refractivity contribution is 14.1. The molecule has 2 nitrogen and oxygen atoms in total. The average molecular weight is 423 g/mol. The first kappa shape index (κ1) is 16.4. The smallest absolute Gasteiger partial charge is 0.138 e. The Kier molecular flexibility index (Phi) is 5.30. The highest BCUT2D eigenvalue weighted by Crippen LogP contribution is 2.36. The largest absolute Gasteiger partial charge is 0.377 e. The van der Waals surface area contributed by atoms with Crippen LogP contribution in [0.2, 0.25) is 0 Å². The predicted molar refractivity (Wildman–Crippen MR) is 98.9 cm³/mol. The Bertz CT molecular complexity index is 703. The molecule has 120 valence electrons. The van der Waals surface area contributed by atoms with E-state index in [1.54, 1.807) is 12.1 Å². The molecule has 4 heteroatoms. The number of carbonyl (C=O) groups is 1. The molecule has 0 radical (unpaired) electrons. The zero-order chi connectivity index (χ0) is 16.2. The molecule has 1 saturated carbocycles. The summed E-state index contributed by atoms with van der Waals surface area (Å²) in [6, 6.07) is 14.3. The number of ketones is 1. The van der Waals surface area contributed by atoms with Crippen LogP contribution in [0.15, 0.2) is 48.5 Å². The Balaban J connectivity index is 1.98. The second-order valence-corrected chi connectivity index (χ2v) is 7.10. The molecule has 2 atom stereocenters. The first-order chi connectivity index (χ1) is 11.2. The van der Waals surface area contributed by atoms with Crippen LogP contribution in [-0.2, 0) is 4.79 Å². The highest BCUT2D eigenvalue weighted by atomic mass is 127. The number of carbonyl (C=O) groups excluding carboxylic acids is 1. The van der Waals surface area contributed by atoms with Crippen molar-refractivity contribution in [1.29, 1.82) is 0 Å². The van der Waals surface area contributed by atoms with Gasteiger partial charge in [-0.25, -0.2) is 4.39 Å². The highest BCUT2D eigenvalue weighted by Gasteiger charge is 2.33. The van der Waals surface area contributed by atoms with Crippen LogP contribution in [0.25, 0.3) is 0 Å². The van der Waals surface area contributed by atoms with Crippen molar-refractivity contribution >= 4 is 34.1 Å². The molecule has 2 aromatic carbocycles. The number of halogens is 2. The van der Waals surface area contributed by atoms with Gasteiger partial charge in [0, 0.05) is 27.2 Å². The Hall–Kier alpha value is -1.43. The standard InChI is InChI=1S/C19H19FINO/c20-15-9-3-1-7-13(15)19(14-8-2-6-12-18(14)23)22-17-11-5-4-10-16(17)21/h1,3-5,7,9-11,14,19,22H,2,6,8,12H2/t14-,19+/m1/s1. The van der Waals surface area contributed by atoms with Crippen molar-refractivity contribution in [2.75, 3.05) is 5.32 Å². The number of Topliss-reactive ketones (excluding diaryl/α,β-unsaturated/α-hetero) is 1. The zero-order valence-corrected chi connectivity index (χ0v) is 14.9. The van der Waals surface area contributed by atoms with Gasteiger partial charge in [-0.15, -0.1) is 0 Å². The number of hydrogen-bond donors (Lipinski definition) is 1. The molecular weight excluding hydrogens is 404 g/mol. The Morgan fingerprint density at radius 3 is 2.57 bits per heavy atom. The van der Waals surface area contributed by atoms with Gasteiger partial charge in [0.2, 0.25) is 0 Å². The minimum atomic E-state index is -0.320. The van der Waals surface area contributed by atoms with Gasteiger partial charge in [-0.3, -0.25) is 4.79 Å². The quantitative estimate of drug-likeness (QED) is 0.673. The lowest BCUT2D eigenvalue weighted by molar-refractivity contribution is -0.125. The summed E-state index contributed by atoms with van der Waals surface area (Å²) in [6.45, 7) is 0. The van der Waals surface area contributed by atoms with E-state index in [2.05, 4.69) is 27.9 Å².